The molecule has 5 heteroatoms. The summed E-state index contributed by atoms with van der Waals surface area (Å²) in [5.74, 6) is -3.16. The van der Waals surface area contributed by atoms with Crippen LogP contribution < -0.4 is 10.8 Å². The lowest BCUT2D eigenvalue weighted by Gasteiger charge is -2.24. The summed E-state index contributed by atoms with van der Waals surface area (Å²) in [7, 11) is 0. The topological polar surface area (TPSA) is 94.1 Å². The number of aliphatic carboxylic acids is 1. The van der Waals surface area contributed by atoms with Gasteiger partial charge in [-0.05, 0) is 40.0 Å². The maximum Gasteiger partial charge on any atom is 0.315 e. The van der Waals surface area contributed by atoms with Gasteiger partial charge >= 0.3 is 5.97 Å². The molecule has 0 fully saturated rings. The van der Waals surface area contributed by atoms with E-state index in [2.05, 4.69) is 5.73 Å². The fourth-order valence-electron chi connectivity index (χ4n) is 2.11. The van der Waals surface area contributed by atoms with Gasteiger partial charge in [0, 0.05) is 0 Å². The van der Waals surface area contributed by atoms with E-state index in [-0.39, 0.29) is 0 Å². The van der Waals surface area contributed by atoms with E-state index in [9.17, 15) is 14.7 Å². The molecule has 124 valence electrons. The molecule has 0 aliphatic heterocycles. The van der Waals surface area contributed by atoms with Gasteiger partial charge in [0.2, 0.25) is 0 Å². The molecule has 0 saturated heterocycles. The van der Waals surface area contributed by atoms with Crippen LogP contribution in [0.4, 0.5) is 0 Å². The lowest BCUT2D eigenvalue weighted by molar-refractivity contribution is -0.368. The van der Waals surface area contributed by atoms with E-state index in [4.69, 9.17) is 4.74 Å². The molecule has 0 unspecified atom stereocenters. The maximum absolute atomic E-state index is 11.8. The molecule has 1 atom stereocenters. The van der Waals surface area contributed by atoms with Crippen molar-refractivity contribution in [3.8, 4) is 0 Å². The van der Waals surface area contributed by atoms with Crippen LogP contribution in [0.25, 0.3) is 0 Å². The largest absolute Gasteiger partial charge is 0.549 e. The molecule has 0 bridgehead atoms. The second-order valence-electron chi connectivity index (χ2n) is 6.52. The first-order chi connectivity index (χ1) is 9.78. The van der Waals surface area contributed by atoms with Gasteiger partial charge in [0.1, 0.15) is 5.60 Å². The molecule has 0 saturated carbocycles. The Morgan fingerprint density at radius 2 is 1.48 bits per heavy atom. The van der Waals surface area contributed by atoms with Crippen LogP contribution in [0.3, 0.4) is 0 Å². The maximum atomic E-state index is 11.8. The molecule has 0 aromatic heterocycles. The second-order valence-corrected chi connectivity index (χ2v) is 6.52. The van der Waals surface area contributed by atoms with Crippen LogP contribution in [0.1, 0.15) is 72.1 Å². The number of carboxylic acid groups (broad SMARTS) is 1. The van der Waals surface area contributed by atoms with E-state index in [1.165, 1.54) is 19.3 Å². The number of esters is 1. The summed E-state index contributed by atoms with van der Waals surface area (Å²) in [6.07, 6.45) is 7.77. The summed E-state index contributed by atoms with van der Waals surface area (Å²) >= 11 is 0. The predicted octanol–water partition coefficient (Wildman–Crippen LogP) is 1.06. The number of hydrogen-bond donors (Lipinski definition) is 1. The van der Waals surface area contributed by atoms with E-state index in [0.717, 1.165) is 25.8 Å². The standard InChI is InChI=1S/C16H31NO4/c1-16(2,3)21-15(20)13(14(18)19)11-9-7-5-4-6-8-10-12-17/h13H,4-12,17H2,1-3H3,(H,18,19)/t13-/m1/s1. The molecule has 0 aromatic carbocycles. The van der Waals surface area contributed by atoms with Crippen molar-refractivity contribution in [2.75, 3.05) is 6.54 Å². The van der Waals surface area contributed by atoms with Gasteiger partial charge in [-0.25, -0.2) is 0 Å². The van der Waals surface area contributed by atoms with Crippen LogP contribution in [0.5, 0.6) is 0 Å². The zero-order valence-corrected chi connectivity index (χ0v) is 13.8. The van der Waals surface area contributed by atoms with Crippen molar-refractivity contribution in [1.29, 1.82) is 0 Å². The molecule has 3 N–H and O–H groups in total. The Hall–Kier alpha value is -1.10. The van der Waals surface area contributed by atoms with Crippen LogP contribution in [-0.2, 0) is 14.3 Å². The van der Waals surface area contributed by atoms with Crippen LogP contribution in [0.2, 0.25) is 0 Å². The molecular formula is C16H31NO4. The highest BCUT2D eigenvalue weighted by Gasteiger charge is 2.25. The molecule has 0 heterocycles. The zero-order valence-electron chi connectivity index (χ0n) is 13.8. The Kier molecular flexibility index (Phi) is 10.0. The van der Waals surface area contributed by atoms with Crippen molar-refractivity contribution in [2.24, 2.45) is 5.92 Å². The fraction of sp³-hybridized carbons (Fsp3) is 0.875. The average Bonchev–Trinajstić information content (AvgIpc) is 2.34. The fourth-order valence-corrected chi connectivity index (χ4v) is 2.11. The molecule has 21 heavy (non-hydrogen) atoms. The van der Waals surface area contributed by atoms with Crippen molar-refractivity contribution in [3.05, 3.63) is 0 Å². The first-order valence-corrected chi connectivity index (χ1v) is 8.01. The van der Waals surface area contributed by atoms with Crippen LogP contribution in [-0.4, -0.2) is 24.1 Å². The quantitative estimate of drug-likeness (QED) is 0.351. The van der Waals surface area contributed by atoms with Crippen molar-refractivity contribution < 1.29 is 25.2 Å². The SMILES string of the molecule is CC(C)(C)OC(=O)[C@H](CCCCCCCCC[NH3+])C(=O)[O-]. The highest BCUT2D eigenvalue weighted by Crippen LogP contribution is 2.17. The van der Waals surface area contributed by atoms with Gasteiger partial charge in [0.15, 0.2) is 0 Å². The first-order valence-electron chi connectivity index (χ1n) is 8.01. The van der Waals surface area contributed by atoms with Gasteiger partial charge < -0.3 is 20.4 Å². The molecule has 0 aliphatic rings. The first kappa shape index (κ1) is 19.9. The number of quaternary nitrogens is 1. The molecule has 5 nitrogen and oxygen atoms in total. The molecule has 0 amide bonds. The van der Waals surface area contributed by atoms with Crippen molar-refractivity contribution in [1.82, 2.24) is 0 Å². The van der Waals surface area contributed by atoms with E-state index >= 15 is 0 Å². The van der Waals surface area contributed by atoms with Crippen LogP contribution in [0, 0.1) is 5.92 Å². The van der Waals surface area contributed by atoms with Gasteiger partial charge in [0.05, 0.1) is 18.4 Å². The van der Waals surface area contributed by atoms with Gasteiger partial charge in [-0.15, -0.1) is 0 Å². The lowest BCUT2D eigenvalue weighted by Crippen LogP contribution is -2.50. The summed E-state index contributed by atoms with van der Waals surface area (Å²) < 4.78 is 5.12. The Morgan fingerprint density at radius 3 is 1.90 bits per heavy atom. The van der Waals surface area contributed by atoms with E-state index in [1.807, 2.05) is 0 Å². The van der Waals surface area contributed by atoms with Gasteiger partial charge in [-0.3, -0.25) is 4.79 Å². The van der Waals surface area contributed by atoms with Gasteiger partial charge in [0.25, 0.3) is 0 Å². The van der Waals surface area contributed by atoms with Crippen LogP contribution in [0.15, 0.2) is 0 Å². The normalized spacial score (nSPS) is 13.0. The number of unbranched alkanes of at least 4 members (excludes halogenated alkanes) is 6. The number of hydrogen-bond acceptors (Lipinski definition) is 4. The minimum atomic E-state index is -1.33. The summed E-state index contributed by atoms with van der Waals surface area (Å²) in [5, 5.41) is 11.0. The molecule has 0 spiro atoms. The summed E-state index contributed by atoms with van der Waals surface area (Å²) in [6.45, 7) is 6.17. The molecule has 0 aromatic rings. The monoisotopic (exact) mass is 301 g/mol. The van der Waals surface area contributed by atoms with Crippen molar-refractivity contribution in [2.45, 2.75) is 77.7 Å². The molecule has 0 aliphatic carbocycles. The molecule has 0 rings (SSSR count). The number of rotatable bonds is 11. The Morgan fingerprint density at radius 1 is 1.00 bits per heavy atom. The van der Waals surface area contributed by atoms with Gasteiger partial charge in [-0.2, -0.15) is 0 Å². The zero-order chi connectivity index (χ0) is 16.3. The summed E-state index contributed by atoms with van der Waals surface area (Å²) in [6, 6.07) is 0. The van der Waals surface area contributed by atoms with Crippen molar-refractivity contribution in [3.63, 3.8) is 0 Å². The van der Waals surface area contributed by atoms with E-state index in [1.54, 1.807) is 20.8 Å². The summed E-state index contributed by atoms with van der Waals surface area (Å²) in [4.78, 5) is 22.8. The van der Waals surface area contributed by atoms with Crippen LogP contribution >= 0.6 is 0 Å². The minimum absolute atomic E-state index is 0.302. The number of carbonyl (C=O) groups is 2. The van der Waals surface area contributed by atoms with E-state index in [0.29, 0.717) is 12.8 Å². The second kappa shape index (κ2) is 10.6. The predicted molar refractivity (Wildman–Crippen MR) is 79.0 cm³/mol. The molecular weight excluding hydrogens is 270 g/mol. The number of carbonyl (C=O) groups excluding carboxylic acids is 2. The van der Waals surface area contributed by atoms with Crippen molar-refractivity contribution >= 4 is 11.9 Å². The Bertz CT molecular complexity index is 310. The summed E-state index contributed by atoms with van der Waals surface area (Å²) in [5.41, 5.74) is 3.14. The van der Waals surface area contributed by atoms with Gasteiger partial charge in [-0.1, -0.05) is 32.1 Å². The highest BCUT2D eigenvalue weighted by molar-refractivity contribution is 5.93. The Labute approximate surface area is 128 Å². The third kappa shape index (κ3) is 11.3. The molecule has 0 radical (unpaired) electrons. The van der Waals surface area contributed by atoms with E-state index < -0.39 is 23.5 Å². The smallest absolute Gasteiger partial charge is 0.315 e. The average molecular weight is 301 g/mol. The third-order valence-corrected chi connectivity index (χ3v) is 3.22. The number of ether oxygens (including phenoxy) is 1. The Balaban J connectivity index is 3.91. The third-order valence-electron chi connectivity index (χ3n) is 3.22. The lowest BCUT2D eigenvalue weighted by atomic mass is 10.00. The minimum Gasteiger partial charge on any atom is -0.549 e. The highest BCUT2D eigenvalue weighted by atomic mass is 16.6. The number of carboxylic acids is 1.